The molecule has 1 aromatic heterocycles. The van der Waals surface area contributed by atoms with E-state index in [1.165, 1.54) is 30.5 Å². The van der Waals surface area contributed by atoms with E-state index in [0.717, 1.165) is 6.07 Å². The number of aromatic nitrogens is 1. The van der Waals surface area contributed by atoms with Crippen molar-refractivity contribution in [2.24, 2.45) is 0 Å². The predicted octanol–water partition coefficient (Wildman–Crippen LogP) is 2.68. The highest BCUT2D eigenvalue weighted by atomic mass is 19.4. The van der Waals surface area contributed by atoms with Gasteiger partial charge >= 0.3 is 6.18 Å². The number of halogens is 3. The van der Waals surface area contributed by atoms with Gasteiger partial charge in [0.2, 0.25) is 11.5 Å². The summed E-state index contributed by atoms with van der Waals surface area (Å²) < 4.78 is 38.9. The molecule has 0 spiro atoms. The van der Waals surface area contributed by atoms with Gasteiger partial charge in [-0.25, -0.2) is 0 Å². The second-order valence-electron chi connectivity index (χ2n) is 5.57. The van der Waals surface area contributed by atoms with E-state index >= 15 is 0 Å². The van der Waals surface area contributed by atoms with Gasteiger partial charge in [-0.15, -0.1) is 0 Å². The number of hydrogen-bond acceptors (Lipinski definition) is 2. The topological polar surface area (TPSA) is 62.0 Å². The first-order chi connectivity index (χ1) is 11.3. The van der Waals surface area contributed by atoms with Crippen molar-refractivity contribution in [3.05, 3.63) is 69.6 Å². The molecule has 0 bridgehead atoms. The molecule has 0 aliphatic carbocycles. The van der Waals surface area contributed by atoms with Gasteiger partial charge in [0.15, 0.2) is 0 Å². The average Bonchev–Trinajstić information content (AvgIpc) is 2.49. The first-order valence-electron chi connectivity index (χ1n) is 7.38. The highest BCUT2D eigenvalue weighted by molar-refractivity contribution is 5.78. The molecule has 2 aromatic rings. The lowest BCUT2D eigenvalue weighted by Gasteiger charge is -2.17. The molecular formula is C17H17F3N2O2. The number of benzene rings is 1. The Labute approximate surface area is 136 Å². The summed E-state index contributed by atoms with van der Waals surface area (Å²) in [6.45, 7) is 1.65. The quantitative estimate of drug-likeness (QED) is 0.880. The number of amides is 1. The Morgan fingerprint density at radius 3 is 2.54 bits per heavy atom. The SMILES string of the molecule is CC(Cc1ccccc1C(F)(F)F)NC(=O)Cc1ccc(=O)[nH]c1. The van der Waals surface area contributed by atoms with Crippen LogP contribution in [0.15, 0.2) is 47.4 Å². The Hall–Kier alpha value is -2.57. The van der Waals surface area contributed by atoms with Crippen molar-refractivity contribution in [2.75, 3.05) is 0 Å². The van der Waals surface area contributed by atoms with Crippen LogP contribution in [0.2, 0.25) is 0 Å². The highest BCUT2D eigenvalue weighted by Gasteiger charge is 2.33. The Balaban J connectivity index is 1.98. The molecule has 1 heterocycles. The summed E-state index contributed by atoms with van der Waals surface area (Å²) in [6, 6.07) is 7.71. The van der Waals surface area contributed by atoms with Crippen LogP contribution in [-0.2, 0) is 23.8 Å². The minimum atomic E-state index is -4.42. The maximum absolute atomic E-state index is 13.0. The van der Waals surface area contributed by atoms with E-state index in [9.17, 15) is 22.8 Å². The van der Waals surface area contributed by atoms with Gasteiger partial charge in [-0.05, 0) is 30.5 Å². The molecule has 0 radical (unpaired) electrons. The van der Waals surface area contributed by atoms with Crippen molar-refractivity contribution >= 4 is 5.91 Å². The third-order valence-electron chi connectivity index (χ3n) is 3.47. The molecule has 4 nitrogen and oxygen atoms in total. The number of aromatic amines is 1. The number of nitrogens with one attached hydrogen (secondary N) is 2. The first-order valence-corrected chi connectivity index (χ1v) is 7.38. The molecule has 1 amide bonds. The maximum atomic E-state index is 13.0. The van der Waals surface area contributed by atoms with Crippen LogP contribution in [0.5, 0.6) is 0 Å². The predicted molar refractivity (Wildman–Crippen MR) is 83.5 cm³/mol. The Bertz CT molecular complexity index is 748. The minimum Gasteiger partial charge on any atom is -0.353 e. The fourth-order valence-corrected chi connectivity index (χ4v) is 2.42. The van der Waals surface area contributed by atoms with Crippen LogP contribution in [0.4, 0.5) is 13.2 Å². The van der Waals surface area contributed by atoms with E-state index in [-0.39, 0.29) is 29.9 Å². The van der Waals surface area contributed by atoms with Gasteiger partial charge in [0.25, 0.3) is 0 Å². The summed E-state index contributed by atoms with van der Waals surface area (Å²) in [6.07, 6.45) is -2.86. The van der Waals surface area contributed by atoms with Crippen molar-refractivity contribution in [1.29, 1.82) is 0 Å². The van der Waals surface area contributed by atoms with Gasteiger partial charge in [-0.3, -0.25) is 9.59 Å². The van der Waals surface area contributed by atoms with Crippen LogP contribution in [0, 0.1) is 0 Å². The summed E-state index contributed by atoms with van der Waals surface area (Å²) in [5.74, 6) is -0.320. The fourth-order valence-electron chi connectivity index (χ4n) is 2.42. The number of carbonyl (C=O) groups is 1. The second-order valence-corrected chi connectivity index (χ2v) is 5.57. The Kier molecular flexibility index (Phi) is 5.43. The normalized spacial score (nSPS) is 12.7. The van der Waals surface area contributed by atoms with Crippen LogP contribution in [0.3, 0.4) is 0 Å². The molecule has 7 heteroatoms. The van der Waals surface area contributed by atoms with Crippen LogP contribution in [0.1, 0.15) is 23.6 Å². The highest BCUT2D eigenvalue weighted by Crippen LogP contribution is 2.32. The maximum Gasteiger partial charge on any atom is 0.416 e. The number of alkyl halides is 3. The van der Waals surface area contributed by atoms with Gasteiger partial charge in [0, 0.05) is 18.3 Å². The largest absolute Gasteiger partial charge is 0.416 e. The molecule has 128 valence electrons. The van der Waals surface area contributed by atoms with Crippen LogP contribution >= 0.6 is 0 Å². The Morgan fingerprint density at radius 2 is 1.92 bits per heavy atom. The summed E-state index contributed by atoms with van der Waals surface area (Å²) in [4.78, 5) is 25.4. The Morgan fingerprint density at radius 1 is 1.21 bits per heavy atom. The molecule has 0 aliphatic heterocycles. The van der Waals surface area contributed by atoms with Crippen molar-refractivity contribution < 1.29 is 18.0 Å². The van der Waals surface area contributed by atoms with Gasteiger partial charge in [0.05, 0.1) is 12.0 Å². The van der Waals surface area contributed by atoms with Crippen molar-refractivity contribution in [1.82, 2.24) is 10.3 Å². The second kappa shape index (κ2) is 7.33. The minimum absolute atomic E-state index is 0.0437. The van der Waals surface area contributed by atoms with E-state index in [1.54, 1.807) is 13.0 Å². The summed E-state index contributed by atoms with van der Waals surface area (Å²) >= 11 is 0. The monoisotopic (exact) mass is 338 g/mol. The molecule has 2 N–H and O–H groups in total. The van der Waals surface area contributed by atoms with Crippen LogP contribution in [-0.4, -0.2) is 16.9 Å². The lowest BCUT2D eigenvalue weighted by Crippen LogP contribution is -2.35. The van der Waals surface area contributed by atoms with Gasteiger partial charge < -0.3 is 10.3 Å². The molecule has 1 aromatic carbocycles. The summed E-state index contributed by atoms with van der Waals surface area (Å²) in [5.41, 5.74) is -0.195. The molecular weight excluding hydrogens is 321 g/mol. The van der Waals surface area contributed by atoms with E-state index < -0.39 is 17.8 Å². The van der Waals surface area contributed by atoms with E-state index in [4.69, 9.17) is 0 Å². The molecule has 0 aliphatic rings. The third-order valence-corrected chi connectivity index (χ3v) is 3.47. The zero-order valence-electron chi connectivity index (χ0n) is 13.0. The molecule has 1 atom stereocenters. The molecule has 2 rings (SSSR count). The number of H-pyrrole nitrogens is 1. The van der Waals surface area contributed by atoms with Gasteiger partial charge in [-0.1, -0.05) is 24.3 Å². The molecule has 24 heavy (non-hydrogen) atoms. The zero-order chi connectivity index (χ0) is 17.7. The lowest BCUT2D eigenvalue weighted by atomic mass is 10.0. The molecule has 0 saturated carbocycles. The van der Waals surface area contributed by atoms with Crippen molar-refractivity contribution in [3.8, 4) is 0 Å². The van der Waals surface area contributed by atoms with Crippen molar-refractivity contribution in [2.45, 2.75) is 32.0 Å². The summed E-state index contributed by atoms with van der Waals surface area (Å²) in [5, 5.41) is 2.67. The average molecular weight is 338 g/mol. The number of rotatable bonds is 5. The van der Waals surface area contributed by atoms with Crippen molar-refractivity contribution in [3.63, 3.8) is 0 Å². The molecule has 1 unspecified atom stereocenters. The molecule has 0 fully saturated rings. The molecule has 0 saturated heterocycles. The van der Waals surface area contributed by atoms with Gasteiger partial charge in [-0.2, -0.15) is 13.2 Å². The number of hydrogen-bond donors (Lipinski definition) is 2. The standard InChI is InChI=1S/C17H17F3N2O2/c1-11(8-13-4-2-3-5-14(13)17(18,19)20)22-16(24)9-12-6-7-15(23)21-10-12/h2-7,10-11H,8-9H2,1H3,(H,21,23)(H,22,24). The number of carbonyl (C=O) groups excluding carboxylic acids is 1. The van der Waals surface area contributed by atoms with E-state index in [1.807, 2.05) is 0 Å². The lowest BCUT2D eigenvalue weighted by molar-refractivity contribution is -0.138. The van der Waals surface area contributed by atoms with Crippen LogP contribution in [0.25, 0.3) is 0 Å². The third kappa shape index (κ3) is 4.97. The van der Waals surface area contributed by atoms with Gasteiger partial charge in [0.1, 0.15) is 0 Å². The smallest absolute Gasteiger partial charge is 0.353 e. The van der Waals surface area contributed by atoms with E-state index in [0.29, 0.717) is 5.56 Å². The van der Waals surface area contributed by atoms with E-state index in [2.05, 4.69) is 10.3 Å². The first kappa shape index (κ1) is 17.8. The fraction of sp³-hybridized carbons (Fsp3) is 0.294. The summed E-state index contributed by atoms with van der Waals surface area (Å²) in [7, 11) is 0. The number of pyridine rings is 1. The zero-order valence-corrected chi connectivity index (χ0v) is 13.0. The van der Waals surface area contributed by atoms with Crippen LogP contribution < -0.4 is 10.9 Å².